The highest BCUT2D eigenvalue weighted by atomic mass is 16.5. The van der Waals surface area contributed by atoms with Crippen LogP contribution in [0.3, 0.4) is 0 Å². The Kier molecular flexibility index (Phi) is 7.34. The van der Waals surface area contributed by atoms with Crippen LogP contribution in [0, 0.1) is 5.92 Å². The normalized spacial score (nSPS) is 17.3. The zero-order valence-electron chi connectivity index (χ0n) is 20.1. The molecule has 2 atom stereocenters. The molecule has 0 bridgehead atoms. The number of aromatic nitrogens is 3. The van der Waals surface area contributed by atoms with E-state index in [-0.39, 0.29) is 36.6 Å². The van der Waals surface area contributed by atoms with Crippen LogP contribution < -0.4 is 16.4 Å². The molecule has 3 aromatic rings. The van der Waals surface area contributed by atoms with Crippen LogP contribution in [0.5, 0.6) is 0 Å². The third kappa shape index (κ3) is 5.23. The van der Waals surface area contributed by atoms with Crippen LogP contribution in [0.1, 0.15) is 29.4 Å². The quantitative estimate of drug-likeness (QED) is 0.347. The maximum atomic E-state index is 12.2. The molecule has 1 aliphatic heterocycles. The van der Waals surface area contributed by atoms with E-state index in [2.05, 4.69) is 20.7 Å². The number of rotatable bonds is 9. The second-order valence-corrected chi connectivity index (χ2v) is 8.71. The van der Waals surface area contributed by atoms with E-state index < -0.39 is 12.0 Å². The molecule has 0 saturated carbocycles. The van der Waals surface area contributed by atoms with Crippen LogP contribution >= 0.6 is 0 Å². The fraction of sp³-hybridized carbons (Fsp3) is 0.375. The van der Waals surface area contributed by atoms with Crippen molar-refractivity contribution in [1.29, 1.82) is 0 Å². The smallest absolute Gasteiger partial charge is 0.407 e. The summed E-state index contributed by atoms with van der Waals surface area (Å²) in [6.45, 7) is 3.01. The van der Waals surface area contributed by atoms with Crippen molar-refractivity contribution in [2.45, 2.75) is 25.9 Å². The lowest BCUT2D eigenvalue weighted by atomic mass is 10.00. The zero-order valence-corrected chi connectivity index (χ0v) is 20.1. The number of anilines is 1. The number of carbonyl (C=O) groups excluding carboxylic acids is 2. The van der Waals surface area contributed by atoms with Gasteiger partial charge in [-0.15, -0.1) is 0 Å². The first-order valence-electron chi connectivity index (χ1n) is 11.6. The summed E-state index contributed by atoms with van der Waals surface area (Å²) in [5, 5.41) is 19.9. The molecule has 1 saturated heterocycles. The molecule has 4 heterocycles. The molecule has 0 aromatic carbocycles. The third-order valence-corrected chi connectivity index (χ3v) is 6.37. The predicted molar refractivity (Wildman–Crippen MR) is 131 cm³/mol. The lowest BCUT2D eigenvalue weighted by Gasteiger charge is -2.21. The van der Waals surface area contributed by atoms with Crippen molar-refractivity contribution in [2.75, 3.05) is 32.1 Å². The summed E-state index contributed by atoms with van der Waals surface area (Å²) >= 11 is 0. The maximum Gasteiger partial charge on any atom is 0.407 e. The number of ether oxygens (including phenoxy) is 1. The van der Waals surface area contributed by atoms with E-state index in [9.17, 15) is 19.5 Å². The summed E-state index contributed by atoms with van der Waals surface area (Å²) in [7, 11) is 1.46. The third-order valence-electron chi connectivity index (χ3n) is 6.37. The summed E-state index contributed by atoms with van der Waals surface area (Å²) in [4.78, 5) is 41.1. The minimum atomic E-state index is -0.966. The number of amides is 3. The molecule has 5 N–H and O–H groups in total. The first-order valence-corrected chi connectivity index (χ1v) is 11.6. The van der Waals surface area contributed by atoms with Crippen LogP contribution in [-0.4, -0.2) is 75.4 Å². The minimum Gasteiger partial charge on any atom is -0.465 e. The highest BCUT2D eigenvalue weighted by Crippen LogP contribution is 2.31. The van der Waals surface area contributed by atoms with Crippen LogP contribution in [0.15, 0.2) is 36.8 Å². The van der Waals surface area contributed by atoms with Crippen LogP contribution in [0.2, 0.25) is 0 Å². The van der Waals surface area contributed by atoms with Crippen molar-refractivity contribution >= 4 is 29.1 Å². The Morgan fingerprint density at radius 2 is 2.03 bits per heavy atom. The lowest BCUT2D eigenvalue weighted by Crippen LogP contribution is -2.32. The Morgan fingerprint density at radius 1 is 1.22 bits per heavy atom. The van der Waals surface area contributed by atoms with Gasteiger partial charge >= 0.3 is 6.09 Å². The fourth-order valence-corrected chi connectivity index (χ4v) is 4.41. The number of hydrogen-bond donors (Lipinski definition) is 4. The topological polar surface area (TPSA) is 164 Å². The van der Waals surface area contributed by atoms with Gasteiger partial charge in [0.2, 0.25) is 5.91 Å². The van der Waals surface area contributed by atoms with Gasteiger partial charge in [-0.2, -0.15) is 5.10 Å². The Hall–Kier alpha value is -4.19. The summed E-state index contributed by atoms with van der Waals surface area (Å²) in [5.74, 6) is -0.763. The lowest BCUT2D eigenvalue weighted by molar-refractivity contribution is -0.124. The van der Waals surface area contributed by atoms with Crippen molar-refractivity contribution in [2.24, 2.45) is 11.7 Å². The molecule has 0 spiro atoms. The Balaban J connectivity index is 1.62. The molecule has 3 amide bonds. The van der Waals surface area contributed by atoms with E-state index in [0.29, 0.717) is 30.0 Å². The van der Waals surface area contributed by atoms with E-state index in [1.165, 1.54) is 18.2 Å². The Bertz CT molecular complexity index is 1270. The maximum absolute atomic E-state index is 12.2. The molecular weight excluding hydrogens is 466 g/mol. The van der Waals surface area contributed by atoms with Gasteiger partial charge < -0.3 is 31.1 Å². The summed E-state index contributed by atoms with van der Waals surface area (Å²) in [6, 6.07) is 5.40. The number of hydrogen-bond acceptors (Lipinski definition) is 7. The van der Waals surface area contributed by atoms with Crippen molar-refractivity contribution in [3.05, 3.63) is 48.0 Å². The molecule has 4 rings (SSSR count). The van der Waals surface area contributed by atoms with E-state index in [4.69, 9.17) is 10.5 Å². The fourth-order valence-electron chi connectivity index (χ4n) is 4.41. The summed E-state index contributed by atoms with van der Waals surface area (Å²) in [5.41, 5.74) is 9.37. The van der Waals surface area contributed by atoms with Gasteiger partial charge in [0, 0.05) is 49.8 Å². The van der Waals surface area contributed by atoms with Gasteiger partial charge in [0.1, 0.15) is 6.61 Å². The van der Waals surface area contributed by atoms with Crippen LogP contribution in [0.25, 0.3) is 16.6 Å². The van der Waals surface area contributed by atoms with Gasteiger partial charge in [0.15, 0.2) is 0 Å². The largest absolute Gasteiger partial charge is 0.465 e. The van der Waals surface area contributed by atoms with Crippen molar-refractivity contribution in [3.63, 3.8) is 0 Å². The highest BCUT2D eigenvalue weighted by Gasteiger charge is 2.35. The first kappa shape index (κ1) is 24.9. The van der Waals surface area contributed by atoms with Gasteiger partial charge in [0.25, 0.3) is 5.91 Å². The van der Waals surface area contributed by atoms with Gasteiger partial charge in [-0.1, -0.05) is 13.0 Å². The SMILES string of the molecule is CCC1CN(C(=O)O)CC1Nc1c(C(N)=O)cnn2cc(-c3ccc(CNC(=O)COC)nc3)cc12. The van der Waals surface area contributed by atoms with Gasteiger partial charge in [-0.25, -0.2) is 9.31 Å². The van der Waals surface area contributed by atoms with Gasteiger partial charge in [0.05, 0.1) is 35.2 Å². The molecule has 3 aromatic heterocycles. The molecule has 2 unspecified atom stereocenters. The van der Waals surface area contributed by atoms with Gasteiger partial charge in [-0.05, 0) is 24.5 Å². The number of nitrogens with zero attached hydrogens (tertiary/aromatic N) is 4. The number of primary amides is 1. The number of methoxy groups -OCH3 is 1. The molecule has 36 heavy (non-hydrogen) atoms. The molecule has 12 nitrogen and oxygen atoms in total. The average molecular weight is 496 g/mol. The predicted octanol–water partition coefficient (Wildman–Crippen LogP) is 1.56. The van der Waals surface area contributed by atoms with Crippen molar-refractivity contribution < 1.29 is 24.2 Å². The Labute approximate surface area is 207 Å². The molecule has 1 fully saturated rings. The second kappa shape index (κ2) is 10.6. The zero-order chi connectivity index (χ0) is 25.8. The van der Waals surface area contributed by atoms with Crippen LogP contribution in [-0.2, 0) is 16.1 Å². The molecular formula is C24H29N7O5. The number of carboxylic acid groups (broad SMARTS) is 1. The number of nitrogens with one attached hydrogen (secondary N) is 2. The first-order chi connectivity index (χ1) is 17.3. The number of nitrogens with two attached hydrogens (primary N) is 1. The Morgan fingerprint density at radius 3 is 2.67 bits per heavy atom. The van der Waals surface area contributed by atoms with Crippen LogP contribution in [0.4, 0.5) is 10.5 Å². The number of pyridine rings is 1. The molecule has 0 radical (unpaired) electrons. The molecule has 0 aliphatic carbocycles. The van der Waals surface area contributed by atoms with E-state index in [1.807, 2.05) is 31.3 Å². The van der Waals surface area contributed by atoms with E-state index >= 15 is 0 Å². The number of fused-ring (bicyclic) bond motifs is 1. The highest BCUT2D eigenvalue weighted by molar-refractivity contribution is 6.02. The molecule has 1 aliphatic rings. The average Bonchev–Trinajstić information content (AvgIpc) is 3.48. The summed E-state index contributed by atoms with van der Waals surface area (Å²) in [6.07, 6.45) is 4.75. The summed E-state index contributed by atoms with van der Waals surface area (Å²) < 4.78 is 6.44. The van der Waals surface area contributed by atoms with E-state index in [1.54, 1.807) is 10.7 Å². The van der Waals surface area contributed by atoms with Gasteiger partial charge in [-0.3, -0.25) is 14.6 Å². The van der Waals surface area contributed by atoms with Crippen molar-refractivity contribution in [3.8, 4) is 11.1 Å². The number of carbonyl (C=O) groups is 3. The second-order valence-electron chi connectivity index (χ2n) is 8.71. The standard InChI is InChI=1S/C24H29N7O5/c1-3-14-10-30(24(34)35)12-19(14)29-22-18(23(25)33)9-28-31-11-16(6-20(22)31)15-4-5-17(26-7-15)8-27-21(32)13-36-2/h4-7,9,11,14,19,29H,3,8,10,12-13H2,1-2H3,(H2,25,33)(H,27,32)(H,34,35). The molecule has 190 valence electrons. The van der Waals surface area contributed by atoms with E-state index in [0.717, 1.165) is 17.5 Å². The molecule has 12 heteroatoms. The monoisotopic (exact) mass is 495 g/mol. The minimum absolute atomic E-state index is 0.0136. The van der Waals surface area contributed by atoms with Crippen molar-refractivity contribution in [1.82, 2.24) is 24.8 Å². The number of likely N-dealkylation sites (tertiary alicyclic amines) is 1.